The Morgan fingerprint density at radius 1 is 0.875 bits per heavy atom. The van der Waals surface area contributed by atoms with Gasteiger partial charge in [-0.3, -0.25) is 19.6 Å². The number of amides is 2. The van der Waals surface area contributed by atoms with E-state index in [-0.39, 0.29) is 23.7 Å². The Morgan fingerprint density at radius 2 is 1.66 bits per heavy atom. The lowest BCUT2D eigenvalue weighted by molar-refractivity contribution is -0.117. The van der Waals surface area contributed by atoms with E-state index in [1.165, 1.54) is 0 Å². The quantitative estimate of drug-likeness (QED) is 0.485. The number of pyridine rings is 2. The molecule has 2 unspecified atom stereocenters. The van der Waals surface area contributed by atoms with Gasteiger partial charge >= 0.3 is 0 Å². The van der Waals surface area contributed by atoms with Crippen molar-refractivity contribution in [3.63, 3.8) is 0 Å². The summed E-state index contributed by atoms with van der Waals surface area (Å²) in [7, 11) is 0. The summed E-state index contributed by atoms with van der Waals surface area (Å²) in [4.78, 5) is 33.2. The maximum absolute atomic E-state index is 12.7. The molecule has 1 saturated carbocycles. The molecule has 1 aliphatic carbocycles. The molecular formula is C26H22N4O2. The van der Waals surface area contributed by atoms with E-state index in [1.807, 2.05) is 60.7 Å². The van der Waals surface area contributed by atoms with Gasteiger partial charge in [-0.25, -0.2) is 0 Å². The number of fused-ring (bicyclic) bond motifs is 1. The van der Waals surface area contributed by atoms with Crippen molar-refractivity contribution >= 4 is 28.3 Å². The molecule has 2 aromatic carbocycles. The van der Waals surface area contributed by atoms with E-state index in [9.17, 15) is 9.59 Å². The predicted molar refractivity (Wildman–Crippen MR) is 123 cm³/mol. The van der Waals surface area contributed by atoms with Gasteiger partial charge < -0.3 is 10.6 Å². The molecule has 0 saturated heterocycles. The molecule has 4 aromatic rings. The van der Waals surface area contributed by atoms with Crippen molar-refractivity contribution in [2.75, 3.05) is 5.32 Å². The molecule has 1 fully saturated rings. The van der Waals surface area contributed by atoms with Crippen molar-refractivity contribution in [1.82, 2.24) is 15.3 Å². The summed E-state index contributed by atoms with van der Waals surface area (Å²) < 4.78 is 0. The van der Waals surface area contributed by atoms with Gasteiger partial charge in [-0.05, 0) is 71.3 Å². The largest absolute Gasteiger partial charge is 0.348 e. The number of aromatic nitrogens is 2. The van der Waals surface area contributed by atoms with Gasteiger partial charge in [0.05, 0.1) is 0 Å². The second-order valence-corrected chi connectivity index (χ2v) is 8.04. The van der Waals surface area contributed by atoms with E-state index >= 15 is 0 Å². The lowest BCUT2D eigenvalue weighted by atomic mass is 10.1. The second kappa shape index (κ2) is 8.59. The van der Waals surface area contributed by atoms with Gasteiger partial charge in [0.15, 0.2) is 0 Å². The average molecular weight is 422 g/mol. The second-order valence-electron chi connectivity index (χ2n) is 8.04. The number of hydrogen-bond donors (Lipinski definition) is 2. The van der Waals surface area contributed by atoms with E-state index in [0.29, 0.717) is 12.1 Å². The van der Waals surface area contributed by atoms with Crippen LogP contribution in [0.25, 0.3) is 10.8 Å². The molecule has 2 N–H and O–H groups in total. The van der Waals surface area contributed by atoms with Crippen LogP contribution < -0.4 is 10.6 Å². The monoisotopic (exact) mass is 422 g/mol. The first-order valence-electron chi connectivity index (χ1n) is 10.6. The maximum atomic E-state index is 12.7. The Labute approximate surface area is 185 Å². The molecule has 2 atom stereocenters. The molecule has 0 aliphatic heterocycles. The Bertz CT molecular complexity index is 1270. The van der Waals surface area contributed by atoms with Crippen LogP contribution >= 0.6 is 0 Å². The number of carbonyl (C=O) groups excluding carboxylic acids is 2. The Balaban J connectivity index is 1.17. The van der Waals surface area contributed by atoms with Crippen LogP contribution in [0.4, 0.5) is 5.69 Å². The summed E-state index contributed by atoms with van der Waals surface area (Å²) in [6.45, 7) is 0.458. The van der Waals surface area contributed by atoms with E-state index in [1.54, 1.807) is 24.8 Å². The highest BCUT2D eigenvalue weighted by molar-refractivity contribution is 5.97. The molecule has 6 heteroatoms. The van der Waals surface area contributed by atoms with Gasteiger partial charge in [0.2, 0.25) is 5.91 Å². The minimum atomic E-state index is -0.120. The number of carbonyl (C=O) groups is 2. The van der Waals surface area contributed by atoms with Crippen molar-refractivity contribution < 1.29 is 9.59 Å². The van der Waals surface area contributed by atoms with Gasteiger partial charge in [-0.15, -0.1) is 0 Å². The molecule has 158 valence electrons. The van der Waals surface area contributed by atoms with E-state index in [2.05, 4.69) is 20.6 Å². The third-order valence-corrected chi connectivity index (χ3v) is 5.84. The lowest BCUT2D eigenvalue weighted by Crippen LogP contribution is -2.22. The van der Waals surface area contributed by atoms with Gasteiger partial charge in [-0.2, -0.15) is 0 Å². The number of nitrogens with zero attached hydrogens (tertiary/aromatic N) is 2. The number of hydrogen-bond acceptors (Lipinski definition) is 4. The van der Waals surface area contributed by atoms with Gasteiger partial charge in [0, 0.05) is 53.9 Å². The highest BCUT2D eigenvalue weighted by atomic mass is 16.2. The minimum Gasteiger partial charge on any atom is -0.348 e. The van der Waals surface area contributed by atoms with E-state index < -0.39 is 0 Å². The van der Waals surface area contributed by atoms with Crippen LogP contribution in [-0.2, 0) is 11.3 Å². The Kier molecular flexibility index (Phi) is 5.34. The van der Waals surface area contributed by atoms with Crippen LogP contribution in [0.15, 0.2) is 85.5 Å². The summed E-state index contributed by atoms with van der Waals surface area (Å²) in [6.07, 6.45) is 7.78. The smallest absolute Gasteiger partial charge is 0.251 e. The van der Waals surface area contributed by atoms with Crippen molar-refractivity contribution in [3.05, 3.63) is 102 Å². The van der Waals surface area contributed by atoms with Crippen molar-refractivity contribution in [3.8, 4) is 0 Å². The van der Waals surface area contributed by atoms with Gasteiger partial charge in [-0.1, -0.05) is 18.2 Å². The first kappa shape index (κ1) is 19.9. The zero-order valence-corrected chi connectivity index (χ0v) is 17.4. The summed E-state index contributed by atoms with van der Waals surface area (Å²) in [6, 6.07) is 19.0. The number of nitrogens with one attached hydrogen (secondary N) is 2. The summed E-state index contributed by atoms with van der Waals surface area (Å²) in [5, 5.41) is 8.03. The molecule has 2 aromatic heterocycles. The topological polar surface area (TPSA) is 84.0 Å². The molecule has 2 heterocycles. The van der Waals surface area contributed by atoms with Gasteiger partial charge in [0.1, 0.15) is 0 Å². The van der Waals surface area contributed by atoms with Crippen LogP contribution in [0.5, 0.6) is 0 Å². The van der Waals surface area contributed by atoms with Crippen molar-refractivity contribution in [2.45, 2.75) is 18.9 Å². The summed E-state index contributed by atoms with van der Waals surface area (Å²) >= 11 is 0. The van der Waals surface area contributed by atoms with Crippen molar-refractivity contribution in [2.24, 2.45) is 5.92 Å². The van der Waals surface area contributed by atoms with E-state index in [0.717, 1.165) is 34.0 Å². The fraction of sp³-hybridized carbons (Fsp3) is 0.154. The standard InChI is InChI=1S/C26H22N4O2/c31-25(29-15-17-7-10-27-11-8-17)19-3-1-18(2-4-19)23-14-24(23)26(32)30-22-6-5-21-16-28-12-9-20(21)13-22/h1-13,16,23-24H,14-15H2,(H,29,31)(H,30,32). The maximum Gasteiger partial charge on any atom is 0.251 e. The molecule has 2 amide bonds. The lowest BCUT2D eigenvalue weighted by Gasteiger charge is -2.08. The molecule has 0 spiro atoms. The van der Waals surface area contributed by atoms with Gasteiger partial charge in [0.25, 0.3) is 5.91 Å². The SMILES string of the molecule is O=C(NCc1ccncc1)c1ccc(C2CC2C(=O)Nc2ccc3cnccc3c2)cc1. The highest BCUT2D eigenvalue weighted by Crippen LogP contribution is 2.48. The van der Waals surface area contributed by atoms with Crippen LogP contribution in [-0.4, -0.2) is 21.8 Å². The minimum absolute atomic E-state index is 0.0302. The number of anilines is 1. The molecule has 5 rings (SSSR count). The first-order chi connectivity index (χ1) is 15.7. The third-order valence-electron chi connectivity index (χ3n) is 5.84. The number of rotatable bonds is 6. The number of benzene rings is 2. The summed E-state index contributed by atoms with van der Waals surface area (Å²) in [5.74, 6) is 0.0515. The van der Waals surface area contributed by atoms with Crippen LogP contribution in [0.3, 0.4) is 0 Å². The molecule has 6 nitrogen and oxygen atoms in total. The predicted octanol–water partition coefficient (Wildman–Crippen LogP) is 4.30. The fourth-order valence-electron chi connectivity index (χ4n) is 3.92. The normalized spacial score (nSPS) is 17.0. The zero-order valence-electron chi connectivity index (χ0n) is 17.4. The molecule has 0 radical (unpaired) electrons. The highest BCUT2D eigenvalue weighted by Gasteiger charge is 2.43. The Hall–Kier alpha value is -4.06. The molecule has 32 heavy (non-hydrogen) atoms. The van der Waals surface area contributed by atoms with Crippen LogP contribution in [0.2, 0.25) is 0 Å². The van der Waals surface area contributed by atoms with Crippen LogP contribution in [0, 0.1) is 5.92 Å². The Morgan fingerprint density at radius 3 is 2.47 bits per heavy atom. The van der Waals surface area contributed by atoms with E-state index in [4.69, 9.17) is 0 Å². The third kappa shape index (κ3) is 4.34. The molecule has 0 bridgehead atoms. The average Bonchev–Trinajstić information content (AvgIpc) is 3.64. The van der Waals surface area contributed by atoms with Crippen molar-refractivity contribution in [1.29, 1.82) is 0 Å². The molecular weight excluding hydrogens is 400 g/mol. The molecule has 1 aliphatic rings. The zero-order chi connectivity index (χ0) is 21.9. The van der Waals surface area contributed by atoms with Crippen LogP contribution in [0.1, 0.15) is 33.8 Å². The first-order valence-corrected chi connectivity index (χ1v) is 10.6. The fourth-order valence-corrected chi connectivity index (χ4v) is 3.92. The summed E-state index contributed by atoms with van der Waals surface area (Å²) in [5.41, 5.74) is 3.48.